The van der Waals surface area contributed by atoms with Crippen molar-refractivity contribution < 1.29 is 4.79 Å². The monoisotopic (exact) mass is 512 g/mol. The molecule has 0 fully saturated rings. The molecular formula is C27H20N4OS3. The second-order valence-corrected chi connectivity index (χ2v) is 10.0. The van der Waals surface area contributed by atoms with Gasteiger partial charge in [-0.2, -0.15) is 0 Å². The van der Waals surface area contributed by atoms with Crippen molar-refractivity contribution in [2.75, 3.05) is 5.32 Å². The summed E-state index contributed by atoms with van der Waals surface area (Å²) in [5.74, 6) is -0.250. The summed E-state index contributed by atoms with van der Waals surface area (Å²) >= 11 is 8.58. The second-order valence-electron chi connectivity index (χ2n) is 7.75. The van der Waals surface area contributed by atoms with Crippen LogP contribution in [0, 0.1) is 6.92 Å². The summed E-state index contributed by atoms with van der Waals surface area (Å²) in [6.07, 6.45) is 1.60. The number of aromatic nitrogens is 2. The van der Waals surface area contributed by atoms with Crippen LogP contribution in [-0.4, -0.2) is 21.0 Å². The van der Waals surface area contributed by atoms with E-state index in [1.807, 2.05) is 67.6 Å². The normalized spacial score (nSPS) is 10.8. The molecular weight excluding hydrogens is 493 g/mol. The third-order valence-corrected chi connectivity index (χ3v) is 7.44. The van der Waals surface area contributed by atoms with Gasteiger partial charge in [-0.05, 0) is 49.0 Å². The number of nitrogens with zero attached hydrogens (tertiary/aromatic N) is 2. The molecule has 3 aromatic carbocycles. The van der Waals surface area contributed by atoms with Crippen LogP contribution in [0.2, 0.25) is 0 Å². The maximum atomic E-state index is 12.6. The molecule has 0 aliphatic heterocycles. The van der Waals surface area contributed by atoms with Gasteiger partial charge in [-0.3, -0.25) is 10.1 Å². The Kier molecular flexibility index (Phi) is 6.85. The first-order valence-electron chi connectivity index (χ1n) is 10.8. The highest BCUT2D eigenvalue weighted by atomic mass is 32.2. The number of anilines is 1. The number of nitrogens with one attached hydrogen (secondary N) is 2. The molecule has 0 unspecified atom stereocenters. The molecule has 0 aliphatic rings. The molecule has 0 saturated heterocycles. The highest BCUT2D eigenvalue weighted by molar-refractivity contribution is 7.99. The van der Waals surface area contributed by atoms with Crippen LogP contribution in [0.25, 0.3) is 21.3 Å². The third-order valence-electron chi connectivity index (χ3n) is 5.27. The van der Waals surface area contributed by atoms with Gasteiger partial charge < -0.3 is 5.32 Å². The SMILES string of the molecule is Cc1cccc(C(=O)NC(=S)Nc2ccccc2Sc2ncnc3scc(-c4ccccc4)c23)c1. The summed E-state index contributed by atoms with van der Waals surface area (Å²) < 4.78 is 0. The number of thiophene rings is 1. The summed E-state index contributed by atoms with van der Waals surface area (Å²) in [6, 6.07) is 25.4. The van der Waals surface area contributed by atoms with Gasteiger partial charge >= 0.3 is 0 Å². The highest BCUT2D eigenvalue weighted by Gasteiger charge is 2.16. The highest BCUT2D eigenvalue weighted by Crippen LogP contribution is 2.41. The number of hydrogen-bond donors (Lipinski definition) is 2. The second kappa shape index (κ2) is 10.4. The molecule has 2 aromatic heterocycles. The smallest absolute Gasteiger partial charge is 0.257 e. The van der Waals surface area contributed by atoms with E-state index in [0.29, 0.717) is 5.56 Å². The van der Waals surface area contributed by atoms with Crippen molar-refractivity contribution in [1.29, 1.82) is 0 Å². The van der Waals surface area contributed by atoms with Crippen LogP contribution in [-0.2, 0) is 0 Å². The van der Waals surface area contributed by atoms with E-state index < -0.39 is 0 Å². The third kappa shape index (κ3) is 5.24. The predicted octanol–water partition coefficient (Wildman–Crippen LogP) is 6.94. The van der Waals surface area contributed by atoms with E-state index in [4.69, 9.17) is 12.2 Å². The summed E-state index contributed by atoms with van der Waals surface area (Å²) in [5, 5.41) is 10.2. The van der Waals surface area contributed by atoms with E-state index in [-0.39, 0.29) is 11.0 Å². The van der Waals surface area contributed by atoms with Crippen molar-refractivity contribution in [3.05, 3.63) is 102 Å². The lowest BCUT2D eigenvalue weighted by Crippen LogP contribution is -2.34. The van der Waals surface area contributed by atoms with Crippen LogP contribution in [0.15, 0.2) is 100 Å². The van der Waals surface area contributed by atoms with Crippen LogP contribution in [0.4, 0.5) is 5.69 Å². The van der Waals surface area contributed by atoms with Crippen molar-refractivity contribution in [3.63, 3.8) is 0 Å². The molecule has 5 nitrogen and oxygen atoms in total. The minimum absolute atomic E-state index is 0.234. The van der Waals surface area contributed by atoms with E-state index >= 15 is 0 Å². The molecule has 0 aliphatic carbocycles. The van der Waals surface area contributed by atoms with E-state index in [2.05, 4.69) is 38.1 Å². The van der Waals surface area contributed by atoms with Gasteiger partial charge in [0.05, 0.1) is 11.1 Å². The lowest BCUT2D eigenvalue weighted by atomic mass is 10.1. The number of para-hydroxylation sites is 1. The van der Waals surface area contributed by atoms with Crippen LogP contribution in [0.3, 0.4) is 0 Å². The summed E-state index contributed by atoms with van der Waals surface area (Å²) in [7, 11) is 0. The Balaban J connectivity index is 1.40. The molecule has 172 valence electrons. The molecule has 5 aromatic rings. The van der Waals surface area contributed by atoms with Crippen LogP contribution in [0.1, 0.15) is 15.9 Å². The molecule has 5 rings (SSSR count). The molecule has 2 N–H and O–H groups in total. The number of thiocarbonyl (C=S) groups is 1. The molecule has 0 spiro atoms. The molecule has 8 heteroatoms. The van der Waals surface area contributed by atoms with Crippen molar-refractivity contribution in [3.8, 4) is 11.1 Å². The van der Waals surface area contributed by atoms with Gasteiger partial charge in [0, 0.05) is 21.4 Å². The molecule has 0 atom stereocenters. The Hall–Kier alpha value is -3.59. The topological polar surface area (TPSA) is 66.9 Å². The fraction of sp³-hybridized carbons (Fsp3) is 0.0370. The Morgan fingerprint density at radius 3 is 2.60 bits per heavy atom. The first-order chi connectivity index (χ1) is 17.1. The molecule has 0 saturated carbocycles. The van der Waals surface area contributed by atoms with E-state index in [9.17, 15) is 4.79 Å². The molecule has 2 heterocycles. The number of fused-ring (bicyclic) bond motifs is 1. The lowest BCUT2D eigenvalue weighted by molar-refractivity contribution is 0.0977. The fourth-order valence-corrected chi connectivity index (χ4v) is 5.81. The largest absolute Gasteiger partial charge is 0.331 e. The first-order valence-corrected chi connectivity index (χ1v) is 12.9. The molecule has 0 radical (unpaired) electrons. The standard InChI is InChI=1S/C27H20N4OS3/c1-17-8-7-11-19(14-17)24(32)31-27(33)30-21-12-5-6-13-22(21)35-26-23-20(18-9-3-2-4-10-18)15-34-25(23)28-16-29-26/h2-16H,1H3,(H2,30,31,32,33). The minimum Gasteiger partial charge on any atom is -0.331 e. The summed E-state index contributed by atoms with van der Waals surface area (Å²) in [5.41, 5.74) is 4.60. The number of carbonyl (C=O) groups excluding carboxylic acids is 1. The summed E-state index contributed by atoms with van der Waals surface area (Å²) in [6.45, 7) is 1.95. The van der Waals surface area contributed by atoms with Crippen molar-refractivity contribution in [2.24, 2.45) is 0 Å². The zero-order chi connectivity index (χ0) is 24.2. The van der Waals surface area contributed by atoms with E-state index in [0.717, 1.165) is 42.5 Å². The molecule has 1 amide bonds. The molecule has 0 bridgehead atoms. The minimum atomic E-state index is -0.250. The quantitative estimate of drug-likeness (QED) is 0.196. The first kappa shape index (κ1) is 23.2. The number of rotatable bonds is 5. The maximum Gasteiger partial charge on any atom is 0.257 e. The number of benzene rings is 3. The number of aryl methyl sites for hydroxylation is 1. The number of carbonyl (C=O) groups is 1. The van der Waals surface area contributed by atoms with Crippen molar-refractivity contribution in [2.45, 2.75) is 16.8 Å². The van der Waals surface area contributed by atoms with Crippen molar-refractivity contribution >= 4 is 62.2 Å². The Bertz CT molecular complexity index is 1530. The van der Waals surface area contributed by atoms with Gasteiger partial charge in [-0.1, -0.05) is 71.9 Å². The van der Waals surface area contributed by atoms with Crippen LogP contribution >= 0.6 is 35.3 Å². The average molecular weight is 513 g/mol. The zero-order valence-electron chi connectivity index (χ0n) is 18.7. The van der Waals surface area contributed by atoms with E-state index in [1.54, 1.807) is 23.7 Å². The van der Waals surface area contributed by atoms with Gasteiger partial charge in [-0.15, -0.1) is 11.3 Å². The van der Waals surface area contributed by atoms with Crippen molar-refractivity contribution in [1.82, 2.24) is 15.3 Å². The van der Waals surface area contributed by atoms with Gasteiger partial charge in [0.2, 0.25) is 0 Å². The average Bonchev–Trinajstić information content (AvgIpc) is 3.31. The molecule has 35 heavy (non-hydrogen) atoms. The van der Waals surface area contributed by atoms with Crippen LogP contribution < -0.4 is 10.6 Å². The number of amides is 1. The fourth-order valence-electron chi connectivity index (χ4n) is 3.63. The van der Waals surface area contributed by atoms with Gasteiger partial charge in [-0.25, -0.2) is 9.97 Å². The van der Waals surface area contributed by atoms with Crippen LogP contribution in [0.5, 0.6) is 0 Å². The Morgan fingerprint density at radius 1 is 0.971 bits per heavy atom. The maximum absolute atomic E-state index is 12.6. The zero-order valence-corrected chi connectivity index (χ0v) is 21.1. The summed E-state index contributed by atoms with van der Waals surface area (Å²) in [4.78, 5) is 23.6. The van der Waals surface area contributed by atoms with E-state index in [1.165, 1.54) is 11.8 Å². The Morgan fingerprint density at radius 2 is 1.77 bits per heavy atom. The Labute approximate surface area is 216 Å². The predicted molar refractivity (Wildman–Crippen MR) is 148 cm³/mol. The van der Waals surface area contributed by atoms with Gasteiger partial charge in [0.1, 0.15) is 16.2 Å². The van der Waals surface area contributed by atoms with Gasteiger partial charge in [0.25, 0.3) is 5.91 Å². The number of hydrogen-bond acceptors (Lipinski definition) is 6. The lowest BCUT2D eigenvalue weighted by Gasteiger charge is -2.14. The van der Waals surface area contributed by atoms with Gasteiger partial charge in [0.15, 0.2) is 5.11 Å².